The fourth-order valence-corrected chi connectivity index (χ4v) is 2.71. The highest BCUT2D eigenvalue weighted by Crippen LogP contribution is 2.37. The minimum Gasteiger partial charge on any atom is -0.488 e. The number of ether oxygens (including phenoxy) is 2. The molecule has 0 unspecified atom stereocenters. The third-order valence-corrected chi connectivity index (χ3v) is 4.21. The molecule has 0 aromatic heterocycles. The number of hydrogen-bond donors (Lipinski definition) is 1. The van der Waals surface area contributed by atoms with Gasteiger partial charge in [0.05, 0.1) is 18.4 Å². The largest absolute Gasteiger partial charge is 0.488 e. The Labute approximate surface area is 156 Å². The van der Waals surface area contributed by atoms with E-state index in [2.05, 4.69) is 10.1 Å². The van der Waals surface area contributed by atoms with Gasteiger partial charge in [0, 0.05) is 5.56 Å². The van der Waals surface area contributed by atoms with E-state index < -0.39 is 17.8 Å². The summed E-state index contributed by atoms with van der Waals surface area (Å²) in [5.74, 6) is -0.241. The minimum atomic E-state index is -4.52. The summed E-state index contributed by atoms with van der Waals surface area (Å²) in [4.78, 5) is 11.5. The summed E-state index contributed by atoms with van der Waals surface area (Å²) in [6.45, 7) is 3.59. The number of halogens is 3. The summed E-state index contributed by atoms with van der Waals surface area (Å²) in [5, 5.41) is 2.57. The van der Waals surface area contributed by atoms with Crippen LogP contribution >= 0.6 is 0 Å². The second-order valence-corrected chi connectivity index (χ2v) is 5.88. The number of carbonyl (C=O) groups is 1. The molecule has 0 radical (unpaired) electrons. The van der Waals surface area contributed by atoms with Gasteiger partial charge in [0.2, 0.25) is 0 Å². The molecule has 1 N–H and O–H groups in total. The van der Waals surface area contributed by atoms with Crippen LogP contribution in [0.25, 0.3) is 0 Å². The molecule has 0 saturated carbocycles. The van der Waals surface area contributed by atoms with Gasteiger partial charge in [0.1, 0.15) is 12.4 Å². The molecule has 0 saturated heterocycles. The van der Waals surface area contributed by atoms with E-state index in [0.717, 1.165) is 11.6 Å². The molecule has 4 nitrogen and oxygen atoms in total. The number of aryl methyl sites for hydroxylation is 2. The van der Waals surface area contributed by atoms with Gasteiger partial charge in [-0.15, -0.1) is 0 Å². The fourth-order valence-electron chi connectivity index (χ4n) is 2.71. The molecule has 0 spiro atoms. The molecule has 0 aliphatic rings. The number of anilines is 1. The predicted molar refractivity (Wildman–Crippen MR) is 97.0 cm³/mol. The van der Waals surface area contributed by atoms with Crippen LogP contribution in [0.15, 0.2) is 36.4 Å². The molecule has 1 amide bonds. The lowest BCUT2D eigenvalue weighted by atomic mass is 10.0. The van der Waals surface area contributed by atoms with Gasteiger partial charge in [-0.1, -0.05) is 32.0 Å². The lowest BCUT2D eigenvalue weighted by Crippen LogP contribution is -2.15. The third-order valence-electron chi connectivity index (χ3n) is 4.21. The average molecular weight is 381 g/mol. The van der Waals surface area contributed by atoms with Crippen LogP contribution in [0.3, 0.4) is 0 Å². The van der Waals surface area contributed by atoms with E-state index in [4.69, 9.17) is 4.74 Å². The maximum absolute atomic E-state index is 13.4. The molecule has 7 heteroatoms. The van der Waals surface area contributed by atoms with E-state index >= 15 is 0 Å². The number of alkyl halides is 3. The number of rotatable bonds is 6. The highest BCUT2D eigenvalue weighted by Gasteiger charge is 2.34. The normalized spacial score (nSPS) is 11.2. The molecule has 0 aliphatic heterocycles. The third kappa shape index (κ3) is 5.15. The molecule has 0 heterocycles. The van der Waals surface area contributed by atoms with E-state index in [9.17, 15) is 18.0 Å². The zero-order valence-corrected chi connectivity index (χ0v) is 15.4. The second-order valence-electron chi connectivity index (χ2n) is 5.88. The van der Waals surface area contributed by atoms with Gasteiger partial charge in [-0.05, 0) is 42.2 Å². The van der Waals surface area contributed by atoms with E-state index in [0.29, 0.717) is 29.7 Å². The Balaban J connectivity index is 2.35. The molecule has 0 fully saturated rings. The first-order chi connectivity index (χ1) is 12.8. The Bertz CT molecular complexity index is 804. The topological polar surface area (TPSA) is 47.6 Å². The summed E-state index contributed by atoms with van der Waals surface area (Å²) in [5.41, 5.74) is 1.69. The van der Waals surface area contributed by atoms with Gasteiger partial charge >= 0.3 is 12.3 Å². The quantitative estimate of drug-likeness (QED) is 0.710. The maximum Gasteiger partial charge on any atom is 0.419 e. The minimum absolute atomic E-state index is 0.113. The second kappa shape index (κ2) is 8.79. The summed E-state index contributed by atoms with van der Waals surface area (Å²) in [6, 6.07) is 9.30. The fraction of sp³-hybridized carbons (Fsp3) is 0.350. The van der Waals surface area contributed by atoms with Crippen LogP contribution in [0.2, 0.25) is 0 Å². The van der Waals surface area contributed by atoms with Crippen molar-refractivity contribution in [3.8, 4) is 5.75 Å². The first-order valence-corrected chi connectivity index (χ1v) is 8.58. The Kier molecular flexibility index (Phi) is 6.71. The molecule has 0 aliphatic carbocycles. The number of nitrogens with one attached hydrogen (secondary N) is 1. The highest BCUT2D eigenvalue weighted by molar-refractivity contribution is 5.85. The zero-order valence-electron chi connectivity index (χ0n) is 15.4. The van der Waals surface area contributed by atoms with Crippen molar-refractivity contribution in [3.05, 3.63) is 58.7 Å². The van der Waals surface area contributed by atoms with Gasteiger partial charge in [0.25, 0.3) is 0 Å². The van der Waals surface area contributed by atoms with Gasteiger partial charge in [0.15, 0.2) is 0 Å². The summed E-state index contributed by atoms with van der Waals surface area (Å²) >= 11 is 0. The first-order valence-electron chi connectivity index (χ1n) is 8.58. The van der Waals surface area contributed by atoms with Crippen LogP contribution in [-0.4, -0.2) is 13.2 Å². The van der Waals surface area contributed by atoms with Crippen molar-refractivity contribution >= 4 is 11.8 Å². The van der Waals surface area contributed by atoms with Gasteiger partial charge in [-0.3, -0.25) is 5.32 Å². The highest BCUT2D eigenvalue weighted by atomic mass is 19.4. The lowest BCUT2D eigenvalue weighted by molar-refractivity contribution is -0.139. The maximum atomic E-state index is 13.4. The molecular formula is C20H22F3NO3. The van der Waals surface area contributed by atoms with Crippen LogP contribution in [0.4, 0.5) is 23.7 Å². The van der Waals surface area contributed by atoms with Gasteiger partial charge in [-0.2, -0.15) is 13.2 Å². The first kappa shape index (κ1) is 20.6. The number of methoxy groups -OCH3 is 1. The summed E-state index contributed by atoms with van der Waals surface area (Å²) in [6.07, 6.45) is -4.04. The van der Waals surface area contributed by atoms with Crippen molar-refractivity contribution in [1.29, 1.82) is 0 Å². The van der Waals surface area contributed by atoms with Crippen molar-refractivity contribution in [1.82, 2.24) is 0 Å². The summed E-state index contributed by atoms with van der Waals surface area (Å²) < 4.78 is 50.3. The van der Waals surface area contributed by atoms with Gasteiger partial charge < -0.3 is 9.47 Å². The number of hydrogen-bond acceptors (Lipinski definition) is 3. The zero-order chi connectivity index (χ0) is 20.0. The van der Waals surface area contributed by atoms with Crippen molar-refractivity contribution in [2.45, 2.75) is 39.5 Å². The number of amides is 1. The van der Waals surface area contributed by atoms with Crippen molar-refractivity contribution < 1.29 is 27.4 Å². The van der Waals surface area contributed by atoms with Crippen LogP contribution in [0, 0.1) is 0 Å². The number of carbonyl (C=O) groups excluding carboxylic acids is 1. The van der Waals surface area contributed by atoms with Crippen molar-refractivity contribution in [2.24, 2.45) is 0 Å². The van der Waals surface area contributed by atoms with Crippen LogP contribution < -0.4 is 10.1 Å². The monoisotopic (exact) mass is 381 g/mol. The van der Waals surface area contributed by atoms with E-state index in [1.54, 1.807) is 25.1 Å². The predicted octanol–water partition coefficient (Wildman–Crippen LogP) is 5.59. The average Bonchev–Trinajstić information content (AvgIpc) is 2.65. The smallest absolute Gasteiger partial charge is 0.419 e. The Morgan fingerprint density at radius 1 is 1.11 bits per heavy atom. The van der Waals surface area contributed by atoms with Crippen LogP contribution in [0.1, 0.15) is 36.1 Å². The van der Waals surface area contributed by atoms with Crippen LogP contribution in [0.5, 0.6) is 5.75 Å². The molecule has 0 bridgehead atoms. The molecule has 146 valence electrons. The molecule has 2 aromatic carbocycles. The summed E-state index contributed by atoms with van der Waals surface area (Å²) in [7, 11) is 1.24. The van der Waals surface area contributed by atoms with E-state index in [1.165, 1.54) is 13.2 Å². The van der Waals surface area contributed by atoms with Crippen molar-refractivity contribution in [3.63, 3.8) is 0 Å². The van der Waals surface area contributed by atoms with Crippen molar-refractivity contribution in [2.75, 3.05) is 12.4 Å². The Morgan fingerprint density at radius 2 is 1.85 bits per heavy atom. The SMILES string of the molecule is CCc1ccc(OCc2c(CC)cccc2NC(=O)OC)c(C(F)(F)F)c1. The van der Waals surface area contributed by atoms with Gasteiger partial charge in [-0.25, -0.2) is 4.79 Å². The Morgan fingerprint density at radius 3 is 2.44 bits per heavy atom. The van der Waals surface area contributed by atoms with E-state index in [1.807, 2.05) is 13.0 Å². The molecule has 0 atom stereocenters. The molecular weight excluding hydrogens is 359 g/mol. The standard InChI is InChI=1S/C20H22F3NO3/c1-4-13-9-10-18(16(11-13)20(21,22)23)27-12-15-14(5-2)7-6-8-17(15)24-19(25)26-3/h6-11H,4-5,12H2,1-3H3,(H,24,25). The molecule has 2 aromatic rings. The molecule has 2 rings (SSSR count). The lowest BCUT2D eigenvalue weighted by Gasteiger charge is -2.18. The van der Waals surface area contributed by atoms with E-state index in [-0.39, 0.29) is 12.4 Å². The molecule has 27 heavy (non-hydrogen) atoms. The number of benzene rings is 2. The van der Waals surface area contributed by atoms with Crippen LogP contribution in [-0.2, 0) is 30.4 Å². The Hall–Kier alpha value is -2.70.